The Morgan fingerprint density at radius 2 is 2.04 bits per heavy atom. The normalized spacial score (nSPS) is 12.4. The molecule has 0 fully saturated rings. The minimum atomic E-state index is -3.85. The molecule has 1 amide bonds. The van der Waals surface area contributed by atoms with Gasteiger partial charge in [-0.1, -0.05) is 6.07 Å². The maximum absolute atomic E-state index is 13.9. The van der Waals surface area contributed by atoms with E-state index in [0.717, 1.165) is 23.1 Å². The number of esters is 1. The number of hydrogen-bond donors (Lipinski definition) is 2. The number of rotatable bonds is 7. The van der Waals surface area contributed by atoms with E-state index in [9.17, 15) is 22.4 Å². The van der Waals surface area contributed by atoms with Gasteiger partial charge in [-0.3, -0.25) is 4.79 Å². The second kappa shape index (κ2) is 8.39. The highest BCUT2D eigenvalue weighted by Crippen LogP contribution is 2.17. The number of sulfonamides is 1. The van der Waals surface area contributed by atoms with Gasteiger partial charge in [-0.2, -0.15) is 0 Å². The highest BCUT2D eigenvalue weighted by atomic mass is 32.2. The lowest BCUT2D eigenvalue weighted by atomic mass is 10.2. The van der Waals surface area contributed by atoms with E-state index in [1.54, 1.807) is 0 Å². The summed E-state index contributed by atoms with van der Waals surface area (Å²) in [5, 5.41) is 4.46. The molecule has 2 rings (SSSR count). The summed E-state index contributed by atoms with van der Waals surface area (Å²) in [5.41, 5.74) is -0.570. The third kappa shape index (κ3) is 4.87. The molecule has 1 atom stereocenters. The molecule has 140 valence electrons. The van der Waals surface area contributed by atoms with Crippen LogP contribution in [0, 0.1) is 5.82 Å². The zero-order valence-corrected chi connectivity index (χ0v) is 15.6. The maximum atomic E-state index is 13.9. The predicted octanol–water partition coefficient (Wildman–Crippen LogP) is 1.66. The fourth-order valence-electron chi connectivity index (χ4n) is 1.95. The molecule has 26 heavy (non-hydrogen) atoms. The minimum absolute atomic E-state index is 0.280. The molecule has 1 heterocycles. The minimum Gasteiger partial charge on any atom is -0.449 e. The van der Waals surface area contributed by atoms with Gasteiger partial charge in [0.05, 0.1) is 17.0 Å². The Hall–Kier alpha value is -2.30. The Bertz CT molecular complexity index is 897. The van der Waals surface area contributed by atoms with Crippen LogP contribution in [0.4, 0.5) is 4.39 Å². The van der Waals surface area contributed by atoms with E-state index < -0.39 is 39.4 Å². The number of benzene rings is 1. The van der Waals surface area contributed by atoms with Gasteiger partial charge in [0.15, 0.2) is 6.10 Å². The van der Waals surface area contributed by atoms with Crippen molar-refractivity contribution in [3.8, 4) is 0 Å². The third-order valence-corrected chi connectivity index (χ3v) is 5.70. The zero-order chi connectivity index (χ0) is 19.3. The maximum Gasteiger partial charge on any atom is 0.341 e. The van der Waals surface area contributed by atoms with Crippen LogP contribution >= 0.6 is 11.3 Å². The van der Waals surface area contributed by atoms with E-state index in [2.05, 4.69) is 10.0 Å². The van der Waals surface area contributed by atoms with Crippen LogP contribution in [0.25, 0.3) is 0 Å². The van der Waals surface area contributed by atoms with Crippen molar-refractivity contribution in [2.45, 2.75) is 24.5 Å². The summed E-state index contributed by atoms with van der Waals surface area (Å²) in [6.07, 6.45) is -1.17. The van der Waals surface area contributed by atoms with Crippen molar-refractivity contribution in [2.24, 2.45) is 0 Å². The Morgan fingerprint density at radius 3 is 2.65 bits per heavy atom. The number of halogens is 1. The smallest absolute Gasteiger partial charge is 0.341 e. The average molecular weight is 400 g/mol. The summed E-state index contributed by atoms with van der Waals surface area (Å²) in [4.78, 5) is 24.7. The third-order valence-electron chi connectivity index (χ3n) is 3.41. The van der Waals surface area contributed by atoms with Gasteiger partial charge in [-0.25, -0.2) is 22.3 Å². The van der Waals surface area contributed by atoms with E-state index in [1.807, 2.05) is 17.5 Å². The number of thiophene rings is 1. The van der Waals surface area contributed by atoms with Crippen LogP contribution in [0.15, 0.2) is 40.6 Å². The van der Waals surface area contributed by atoms with Gasteiger partial charge >= 0.3 is 5.97 Å². The zero-order valence-electron chi connectivity index (χ0n) is 14.0. The van der Waals surface area contributed by atoms with Gasteiger partial charge in [-0.05, 0) is 43.6 Å². The van der Waals surface area contributed by atoms with Crippen LogP contribution in [0.1, 0.15) is 22.2 Å². The standard InChI is InChI=1S/C16H17FN2O5S2/c1-10(15(20)19-9-11-4-3-7-25-11)24-16(21)13-8-12(5-6-14(13)17)26(22,23)18-2/h3-8,10,18H,9H2,1-2H3,(H,19,20). The lowest BCUT2D eigenvalue weighted by Crippen LogP contribution is -2.35. The summed E-state index contributed by atoms with van der Waals surface area (Å²) in [6.45, 7) is 1.62. The summed E-state index contributed by atoms with van der Waals surface area (Å²) in [6, 6.07) is 6.41. The molecule has 1 unspecified atom stereocenters. The molecule has 0 bridgehead atoms. The van der Waals surface area contributed by atoms with E-state index in [0.29, 0.717) is 0 Å². The Labute approximate surface area is 154 Å². The van der Waals surface area contributed by atoms with E-state index >= 15 is 0 Å². The molecule has 0 saturated heterocycles. The molecule has 2 aromatic rings. The number of ether oxygens (including phenoxy) is 1. The average Bonchev–Trinajstić information content (AvgIpc) is 3.13. The highest BCUT2D eigenvalue weighted by Gasteiger charge is 2.23. The first-order chi connectivity index (χ1) is 12.2. The lowest BCUT2D eigenvalue weighted by molar-refractivity contribution is -0.129. The highest BCUT2D eigenvalue weighted by molar-refractivity contribution is 7.89. The molecular weight excluding hydrogens is 383 g/mol. The molecule has 1 aromatic heterocycles. The van der Waals surface area contributed by atoms with E-state index in [1.165, 1.54) is 25.3 Å². The summed E-state index contributed by atoms with van der Waals surface area (Å²) in [5.74, 6) is -2.63. The molecule has 0 spiro atoms. The second-order valence-corrected chi connectivity index (χ2v) is 8.11. The van der Waals surface area contributed by atoms with Gasteiger partial charge < -0.3 is 10.1 Å². The van der Waals surface area contributed by atoms with Crippen molar-refractivity contribution in [3.63, 3.8) is 0 Å². The van der Waals surface area contributed by atoms with E-state index in [4.69, 9.17) is 4.74 Å². The molecule has 0 saturated carbocycles. The number of nitrogens with one attached hydrogen (secondary N) is 2. The fourth-order valence-corrected chi connectivity index (χ4v) is 3.35. The summed E-state index contributed by atoms with van der Waals surface area (Å²) >= 11 is 1.46. The van der Waals surface area contributed by atoms with Crippen molar-refractivity contribution in [1.29, 1.82) is 0 Å². The van der Waals surface area contributed by atoms with Gasteiger partial charge in [-0.15, -0.1) is 11.3 Å². The topological polar surface area (TPSA) is 102 Å². The molecule has 0 aliphatic heterocycles. The number of hydrogen-bond acceptors (Lipinski definition) is 6. The van der Waals surface area contributed by atoms with Crippen LogP contribution < -0.4 is 10.0 Å². The van der Waals surface area contributed by atoms with Crippen molar-refractivity contribution < 1.29 is 27.1 Å². The molecule has 0 radical (unpaired) electrons. The predicted molar refractivity (Wildman–Crippen MR) is 93.7 cm³/mol. The molecular formula is C16H17FN2O5S2. The number of amides is 1. The monoisotopic (exact) mass is 400 g/mol. The van der Waals surface area contributed by atoms with Crippen molar-refractivity contribution in [1.82, 2.24) is 10.0 Å². The largest absolute Gasteiger partial charge is 0.449 e. The molecule has 0 aliphatic carbocycles. The van der Waals surface area contributed by atoms with Crippen LogP contribution in [-0.4, -0.2) is 33.4 Å². The van der Waals surface area contributed by atoms with Crippen LogP contribution in [0.2, 0.25) is 0 Å². The fraction of sp³-hybridized carbons (Fsp3) is 0.250. The first kappa shape index (κ1) is 20.0. The first-order valence-corrected chi connectivity index (χ1v) is 9.85. The molecule has 0 aliphatic rings. The summed E-state index contributed by atoms with van der Waals surface area (Å²) < 4.78 is 44.4. The van der Waals surface area contributed by atoms with Gasteiger partial charge in [0, 0.05) is 4.88 Å². The molecule has 7 nitrogen and oxygen atoms in total. The summed E-state index contributed by atoms with van der Waals surface area (Å²) in [7, 11) is -2.66. The lowest BCUT2D eigenvalue weighted by Gasteiger charge is -2.14. The van der Waals surface area contributed by atoms with Crippen LogP contribution in [0.3, 0.4) is 0 Å². The second-order valence-electron chi connectivity index (χ2n) is 5.19. The van der Waals surface area contributed by atoms with Gasteiger partial charge in [0.25, 0.3) is 5.91 Å². The number of carbonyl (C=O) groups excluding carboxylic acids is 2. The van der Waals surface area contributed by atoms with Crippen LogP contribution in [0.5, 0.6) is 0 Å². The van der Waals surface area contributed by atoms with Crippen molar-refractivity contribution in [3.05, 3.63) is 52.0 Å². The SMILES string of the molecule is CNS(=O)(=O)c1ccc(F)c(C(=O)OC(C)C(=O)NCc2cccs2)c1. The van der Waals surface area contributed by atoms with Gasteiger partial charge in [0.2, 0.25) is 10.0 Å². The molecule has 1 aromatic carbocycles. The first-order valence-electron chi connectivity index (χ1n) is 7.48. The Kier molecular flexibility index (Phi) is 6.46. The number of carbonyl (C=O) groups is 2. The van der Waals surface area contributed by atoms with Crippen molar-refractivity contribution >= 4 is 33.2 Å². The van der Waals surface area contributed by atoms with Gasteiger partial charge in [0.1, 0.15) is 5.82 Å². The molecule has 10 heteroatoms. The Morgan fingerprint density at radius 1 is 1.31 bits per heavy atom. The Balaban J connectivity index is 2.06. The van der Waals surface area contributed by atoms with Crippen LogP contribution in [-0.2, 0) is 26.1 Å². The van der Waals surface area contributed by atoms with Crippen molar-refractivity contribution in [2.75, 3.05) is 7.05 Å². The molecule has 2 N–H and O–H groups in total. The quantitative estimate of drug-likeness (QED) is 0.689. The van der Waals surface area contributed by atoms with E-state index in [-0.39, 0.29) is 11.4 Å².